The van der Waals surface area contributed by atoms with E-state index in [1.807, 2.05) is 0 Å². The predicted molar refractivity (Wildman–Crippen MR) is 65.0 cm³/mol. The van der Waals surface area contributed by atoms with Crippen molar-refractivity contribution in [3.8, 4) is 0 Å². The highest BCUT2D eigenvalue weighted by molar-refractivity contribution is 4.98. The summed E-state index contributed by atoms with van der Waals surface area (Å²) in [6.45, 7) is 11.8. The lowest BCUT2D eigenvalue weighted by Crippen LogP contribution is -2.54. The first kappa shape index (κ1) is 11.4. The molecule has 2 bridgehead atoms. The summed E-state index contributed by atoms with van der Waals surface area (Å²) < 4.78 is 0. The predicted octanol–water partition coefficient (Wildman–Crippen LogP) is 2.10. The minimum atomic E-state index is 0.642. The van der Waals surface area contributed by atoms with Gasteiger partial charge >= 0.3 is 0 Å². The molecule has 3 atom stereocenters. The van der Waals surface area contributed by atoms with Crippen LogP contribution in [-0.4, -0.2) is 36.1 Å². The summed E-state index contributed by atoms with van der Waals surface area (Å²) in [6.07, 6.45) is 2.89. The molecule has 1 N–H and O–H groups in total. The summed E-state index contributed by atoms with van der Waals surface area (Å²) in [4.78, 5) is 2.67. The normalized spacial score (nSPS) is 36.8. The molecule has 1 aliphatic heterocycles. The first-order chi connectivity index (χ1) is 7.08. The van der Waals surface area contributed by atoms with Crippen LogP contribution >= 0.6 is 0 Å². The quantitative estimate of drug-likeness (QED) is 0.767. The first-order valence-electron chi connectivity index (χ1n) is 6.58. The van der Waals surface area contributed by atoms with Crippen LogP contribution in [0.1, 0.15) is 40.5 Å². The van der Waals surface area contributed by atoms with Gasteiger partial charge in [-0.1, -0.05) is 13.8 Å². The molecule has 2 heteroatoms. The summed E-state index contributed by atoms with van der Waals surface area (Å²) in [5.74, 6) is 1.82. The molecule has 0 aromatic carbocycles. The average molecular weight is 210 g/mol. The van der Waals surface area contributed by atoms with Gasteiger partial charge in [0.25, 0.3) is 0 Å². The number of piperidine rings is 1. The van der Waals surface area contributed by atoms with Gasteiger partial charge in [-0.05, 0) is 38.5 Å². The molecular formula is C13H26N2. The minimum Gasteiger partial charge on any atom is -0.311 e. The third-order valence-electron chi connectivity index (χ3n) is 4.12. The van der Waals surface area contributed by atoms with Gasteiger partial charge in [-0.3, -0.25) is 0 Å². The summed E-state index contributed by atoms with van der Waals surface area (Å²) in [5, 5.41) is 3.78. The maximum atomic E-state index is 3.78. The van der Waals surface area contributed by atoms with Crippen LogP contribution in [0.3, 0.4) is 0 Å². The van der Waals surface area contributed by atoms with Gasteiger partial charge in [-0.15, -0.1) is 0 Å². The summed E-state index contributed by atoms with van der Waals surface area (Å²) in [6, 6.07) is 2.18. The number of nitrogens with zero attached hydrogens (tertiary/aromatic N) is 1. The Morgan fingerprint density at radius 1 is 1.00 bits per heavy atom. The summed E-state index contributed by atoms with van der Waals surface area (Å²) in [5.41, 5.74) is 0. The molecule has 1 saturated carbocycles. The highest BCUT2D eigenvalue weighted by atomic mass is 15.2. The van der Waals surface area contributed by atoms with E-state index in [4.69, 9.17) is 0 Å². The molecule has 1 unspecified atom stereocenters. The van der Waals surface area contributed by atoms with Gasteiger partial charge in [-0.25, -0.2) is 0 Å². The van der Waals surface area contributed by atoms with Crippen molar-refractivity contribution in [1.82, 2.24) is 10.2 Å². The third kappa shape index (κ3) is 2.36. The van der Waals surface area contributed by atoms with Gasteiger partial charge in [0.05, 0.1) is 0 Å². The molecule has 1 aliphatic carbocycles. The molecule has 2 aliphatic rings. The zero-order chi connectivity index (χ0) is 11.0. The second kappa shape index (κ2) is 4.42. The summed E-state index contributed by atoms with van der Waals surface area (Å²) in [7, 11) is 0. The third-order valence-corrected chi connectivity index (χ3v) is 4.12. The largest absolute Gasteiger partial charge is 0.311 e. The van der Waals surface area contributed by atoms with Crippen LogP contribution < -0.4 is 5.32 Å². The van der Waals surface area contributed by atoms with E-state index in [1.54, 1.807) is 0 Å². The Bertz CT molecular complexity index is 199. The molecule has 0 amide bonds. The van der Waals surface area contributed by atoms with Gasteiger partial charge < -0.3 is 10.2 Å². The second-order valence-electron chi connectivity index (χ2n) is 5.99. The van der Waals surface area contributed by atoms with Gasteiger partial charge in [0, 0.05) is 31.2 Å². The topological polar surface area (TPSA) is 15.3 Å². The van der Waals surface area contributed by atoms with E-state index in [0.29, 0.717) is 6.04 Å². The van der Waals surface area contributed by atoms with Crippen LogP contribution in [0, 0.1) is 11.8 Å². The maximum absolute atomic E-state index is 3.78. The van der Waals surface area contributed by atoms with Gasteiger partial charge in [-0.2, -0.15) is 0 Å². The Balaban J connectivity index is 1.97. The number of likely N-dealkylation sites (tertiary alicyclic amines) is 1. The molecule has 0 aromatic heterocycles. The van der Waals surface area contributed by atoms with Crippen molar-refractivity contribution in [3.63, 3.8) is 0 Å². The van der Waals surface area contributed by atoms with E-state index in [-0.39, 0.29) is 0 Å². The Morgan fingerprint density at radius 2 is 1.53 bits per heavy atom. The van der Waals surface area contributed by atoms with Crippen molar-refractivity contribution in [1.29, 1.82) is 0 Å². The summed E-state index contributed by atoms with van der Waals surface area (Å²) >= 11 is 0. The van der Waals surface area contributed by atoms with E-state index in [2.05, 4.69) is 37.9 Å². The SMILES string of the molecule is CC(C)NC1[C@@H]2CC[C@H]1CN(C(C)C)C2. The Kier molecular flexibility index (Phi) is 3.36. The van der Waals surface area contributed by atoms with E-state index in [9.17, 15) is 0 Å². The molecule has 0 spiro atoms. The van der Waals surface area contributed by atoms with Crippen molar-refractivity contribution in [3.05, 3.63) is 0 Å². The number of nitrogens with one attached hydrogen (secondary N) is 1. The smallest absolute Gasteiger partial charge is 0.0150 e. The van der Waals surface area contributed by atoms with Gasteiger partial charge in [0.2, 0.25) is 0 Å². The number of rotatable bonds is 3. The van der Waals surface area contributed by atoms with Crippen LogP contribution in [0.5, 0.6) is 0 Å². The number of hydrogen-bond donors (Lipinski definition) is 1. The molecule has 1 heterocycles. The fourth-order valence-corrected chi connectivity index (χ4v) is 3.34. The zero-order valence-electron chi connectivity index (χ0n) is 10.7. The Morgan fingerprint density at radius 3 is 1.93 bits per heavy atom. The van der Waals surface area contributed by atoms with E-state index in [0.717, 1.165) is 23.9 Å². The molecule has 1 saturated heterocycles. The monoisotopic (exact) mass is 210 g/mol. The molecule has 88 valence electrons. The van der Waals surface area contributed by atoms with Crippen molar-refractivity contribution < 1.29 is 0 Å². The van der Waals surface area contributed by atoms with E-state index >= 15 is 0 Å². The standard InChI is InChI=1S/C13H26N2/c1-9(2)14-13-11-5-6-12(13)8-15(7-11)10(3)4/h9-14H,5-8H2,1-4H3/t11-,12+,13?. The van der Waals surface area contributed by atoms with Gasteiger partial charge in [0.1, 0.15) is 0 Å². The lowest BCUT2D eigenvalue weighted by Gasteiger charge is -2.41. The molecule has 0 radical (unpaired) electrons. The van der Waals surface area contributed by atoms with E-state index in [1.165, 1.54) is 25.9 Å². The average Bonchev–Trinajstić information content (AvgIpc) is 2.40. The lowest BCUT2D eigenvalue weighted by molar-refractivity contribution is 0.0986. The lowest BCUT2D eigenvalue weighted by atomic mass is 9.91. The minimum absolute atomic E-state index is 0.642. The molecule has 2 fully saturated rings. The molecule has 0 aromatic rings. The van der Waals surface area contributed by atoms with Crippen molar-refractivity contribution in [2.45, 2.75) is 58.7 Å². The molecular weight excluding hydrogens is 184 g/mol. The van der Waals surface area contributed by atoms with Crippen molar-refractivity contribution in [2.24, 2.45) is 11.8 Å². The molecule has 2 rings (SSSR count). The van der Waals surface area contributed by atoms with Crippen molar-refractivity contribution in [2.75, 3.05) is 13.1 Å². The second-order valence-corrected chi connectivity index (χ2v) is 5.99. The first-order valence-corrected chi connectivity index (χ1v) is 6.58. The Labute approximate surface area is 94.4 Å². The van der Waals surface area contributed by atoms with Crippen LogP contribution in [-0.2, 0) is 0 Å². The number of fused-ring (bicyclic) bond motifs is 2. The fourth-order valence-electron chi connectivity index (χ4n) is 3.34. The molecule has 15 heavy (non-hydrogen) atoms. The maximum Gasteiger partial charge on any atom is 0.0150 e. The van der Waals surface area contributed by atoms with Crippen LogP contribution in [0.15, 0.2) is 0 Å². The fraction of sp³-hybridized carbons (Fsp3) is 1.00. The molecule has 2 nitrogen and oxygen atoms in total. The highest BCUT2D eigenvalue weighted by Gasteiger charge is 2.42. The van der Waals surface area contributed by atoms with Crippen LogP contribution in [0.4, 0.5) is 0 Å². The van der Waals surface area contributed by atoms with Gasteiger partial charge in [0.15, 0.2) is 0 Å². The number of hydrogen-bond acceptors (Lipinski definition) is 2. The van der Waals surface area contributed by atoms with Crippen LogP contribution in [0.25, 0.3) is 0 Å². The van der Waals surface area contributed by atoms with E-state index < -0.39 is 0 Å². The van der Waals surface area contributed by atoms with Crippen molar-refractivity contribution >= 4 is 0 Å². The highest BCUT2D eigenvalue weighted by Crippen LogP contribution is 2.37. The zero-order valence-corrected chi connectivity index (χ0v) is 10.7. The Hall–Kier alpha value is -0.0800. The van der Waals surface area contributed by atoms with Crippen LogP contribution in [0.2, 0.25) is 0 Å².